The Morgan fingerprint density at radius 1 is 0.765 bits per heavy atom. The molecule has 0 fully saturated rings. The fourth-order valence-electron chi connectivity index (χ4n) is 2.47. The number of hydrogen-bond donors (Lipinski definition) is 3. The predicted octanol–water partition coefficient (Wildman–Crippen LogP) is 2.97. The summed E-state index contributed by atoms with van der Waals surface area (Å²) < 4.78 is 0. The van der Waals surface area contributed by atoms with E-state index in [-0.39, 0.29) is 0 Å². The molecule has 0 atom stereocenters. The van der Waals surface area contributed by atoms with Gasteiger partial charge in [-0.25, -0.2) is 0 Å². The van der Waals surface area contributed by atoms with E-state index in [1.54, 1.807) is 0 Å². The maximum absolute atomic E-state index is 6.24. The van der Waals surface area contributed by atoms with Crippen molar-refractivity contribution in [3.05, 3.63) is 16.7 Å². The second-order valence-corrected chi connectivity index (χ2v) is 4.23. The highest BCUT2D eigenvalue weighted by atomic mass is 14.9. The summed E-state index contributed by atoms with van der Waals surface area (Å²) in [4.78, 5) is 0. The second kappa shape index (κ2) is 5.80. The number of rotatable bonds is 5. The van der Waals surface area contributed by atoms with Gasteiger partial charge in [-0.15, -0.1) is 0 Å². The highest BCUT2D eigenvalue weighted by Crippen LogP contribution is 2.37. The van der Waals surface area contributed by atoms with Crippen molar-refractivity contribution in [1.82, 2.24) is 0 Å². The molecule has 0 aliphatic carbocycles. The lowest BCUT2D eigenvalue weighted by atomic mass is 9.93. The fourth-order valence-corrected chi connectivity index (χ4v) is 2.47. The van der Waals surface area contributed by atoms with Crippen LogP contribution in [0, 0.1) is 0 Å². The molecule has 1 rings (SSSR count). The van der Waals surface area contributed by atoms with Gasteiger partial charge in [0.2, 0.25) is 0 Å². The minimum atomic E-state index is 0.876. The molecule has 5 N–H and O–H groups in total. The van der Waals surface area contributed by atoms with Crippen LogP contribution < -0.4 is 16.8 Å². The Kier molecular flexibility index (Phi) is 4.67. The highest BCUT2D eigenvalue weighted by Gasteiger charge is 2.17. The molecule has 0 radical (unpaired) electrons. The lowest BCUT2D eigenvalue weighted by Crippen LogP contribution is -2.12. The molecule has 0 aliphatic rings. The quantitative estimate of drug-likeness (QED) is 0.687. The van der Waals surface area contributed by atoms with Gasteiger partial charge < -0.3 is 16.8 Å². The van der Waals surface area contributed by atoms with Gasteiger partial charge in [0.1, 0.15) is 0 Å². The van der Waals surface area contributed by atoms with Crippen LogP contribution >= 0.6 is 0 Å². The van der Waals surface area contributed by atoms with Gasteiger partial charge in [0.05, 0.1) is 0 Å². The average molecular weight is 235 g/mol. The van der Waals surface area contributed by atoms with Gasteiger partial charge in [0.15, 0.2) is 0 Å². The summed E-state index contributed by atoms with van der Waals surface area (Å²) in [6, 6.07) is 0. The zero-order chi connectivity index (χ0) is 13.0. The third kappa shape index (κ3) is 2.33. The molecule has 0 aliphatic heterocycles. The zero-order valence-electron chi connectivity index (χ0n) is 11.5. The summed E-state index contributed by atoms with van der Waals surface area (Å²) in [5.74, 6) is 0. The van der Waals surface area contributed by atoms with Crippen molar-refractivity contribution in [2.75, 3.05) is 23.3 Å². The lowest BCUT2D eigenvalue weighted by Gasteiger charge is -2.22. The maximum atomic E-state index is 6.24. The van der Waals surface area contributed by atoms with Gasteiger partial charge in [-0.3, -0.25) is 0 Å². The fraction of sp³-hybridized carbons (Fsp3) is 0.571. The van der Waals surface area contributed by atoms with Crippen LogP contribution in [0.5, 0.6) is 0 Å². The van der Waals surface area contributed by atoms with E-state index < -0.39 is 0 Å². The van der Waals surface area contributed by atoms with Gasteiger partial charge >= 0.3 is 0 Å². The van der Waals surface area contributed by atoms with Crippen molar-refractivity contribution >= 4 is 17.1 Å². The van der Waals surface area contributed by atoms with E-state index in [4.69, 9.17) is 11.5 Å². The summed E-state index contributed by atoms with van der Waals surface area (Å²) in [6.45, 7) is 9.38. The number of hydrogen-bond acceptors (Lipinski definition) is 3. The van der Waals surface area contributed by atoms with Crippen LogP contribution in [0.15, 0.2) is 0 Å². The minimum Gasteiger partial charge on any atom is -0.398 e. The van der Waals surface area contributed by atoms with Gasteiger partial charge in [0, 0.05) is 23.6 Å². The van der Waals surface area contributed by atoms with E-state index >= 15 is 0 Å². The van der Waals surface area contributed by atoms with Crippen LogP contribution in [0.25, 0.3) is 0 Å². The number of nitrogens with one attached hydrogen (secondary N) is 1. The molecule has 3 heteroatoms. The Morgan fingerprint density at radius 3 is 1.47 bits per heavy atom. The minimum absolute atomic E-state index is 0.876. The summed E-state index contributed by atoms with van der Waals surface area (Å²) in [5, 5.41) is 3.42. The van der Waals surface area contributed by atoms with Gasteiger partial charge in [0.25, 0.3) is 0 Å². The number of nitrogens with two attached hydrogens (primary N) is 2. The van der Waals surface area contributed by atoms with Crippen LogP contribution in [0.4, 0.5) is 17.1 Å². The van der Waals surface area contributed by atoms with Crippen LogP contribution in [0.3, 0.4) is 0 Å². The second-order valence-electron chi connectivity index (χ2n) is 4.23. The van der Waals surface area contributed by atoms with Crippen LogP contribution in [0.1, 0.15) is 44.4 Å². The lowest BCUT2D eigenvalue weighted by molar-refractivity contribution is 1.04. The predicted molar refractivity (Wildman–Crippen MR) is 77.6 cm³/mol. The highest BCUT2D eigenvalue weighted by molar-refractivity contribution is 5.80. The first-order valence-electron chi connectivity index (χ1n) is 6.57. The molecule has 96 valence electrons. The topological polar surface area (TPSA) is 64.1 Å². The number of anilines is 3. The molecule has 0 bridgehead atoms. The number of nitrogen functional groups attached to an aromatic ring is 2. The standard InChI is InChI=1S/C14H25N3/c1-5-9-12(15)10(6-2)14(17-8-4)11(7-3)13(9)16/h17H,5-8,15-16H2,1-4H3. The third-order valence-corrected chi connectivity index (χ3v) is 3.32. The Hall–Kier alpha value is -1.38. The van der Waals surface area contributed by atoms with Crippen molar-refractivity contribution in [2.24, 2.45) is 0 Å². The summed E-state index contributed by atoms with van der Waals surface area (Å²) in [6.07, 6.45) is 2.77. The Morgan fingerprint density at radius 2 is 1.18 bits per heavy atom. The molecule has 17 heavy (non-hydrogen) atoms. The average Bonchev–Trinajstić information content (AvgIpc) is 2.31. The molecule has 0 aromatic heterocycles. The van der Waals surface area contributed by atoms with E-state index in [0.717, 1.165) is 48.4 Å². The SMILES string of the molecule is CCNc1c(CC)c(N)c(CC)c(N)c1CC. The first kappa shape index (κ1) is 13.7. The van der Waals surface area contributed by atoms with Crippen molar-refractivity contribution in [1.29, 1.82) is 0 Å². The van der Waals surface area contributed by atoms with Crippen molar-refractivity contribution < 1.29 is 0 Å². The van der Waals surface area contributed by atoms with Gasteiger partial charge in [-0.2, -0.15) is 0 Å². The molecule has 0 saturated heterocycles. The monoisotopic (exact) mass is 235 g/mol. The van der Waals surface area contributed by atoms with E-state index in [9.17, 15) is 0 Å². The summed E-state index contributed by atoms with van der Waals surface area (Å²) in [7, 11) is 0. The molecule has 3 nitrogen and oxygen atoms in total. The third-order valence-electron chi connectivity index (χ3n) is 3.32. The smallest absolute Gasteiger partial charge is 0.0446 e. The van der Waals surface area contributed by atoms with E-state index in [0.29, 0.717) is 0 Å². The molecular formula is C14H25N3. The number of benzene rings is 1. The molecule has 0 heterocycles. The van der Waals surface area contributed by atoms with Crippen molar-refractivity contribution in [2.45, 2.75) is 47.0 Å². The first-order valence-corrected chi connectivity index (χ1v) is 6.57. The Bertz CT molecular complexity index is 366. The molecule has 1 aromatic carbocycles. The van der Waals surface area contributed by atoms with Gasteiger partial charge in [-0.1, -0.05) is 20.8 Å². The largest absolute Gasteiger partial charge is 0.398 e. The van der Waals surface area contributed by atoms with Crippen LogP contribution in [0.2, 0.25) is 0 Å². The van der Waals surface area contributed by atoms with Crippen molar-refractivity contribution in [3.63, 3.8) is 0 Å². The maximum Gasteiger partial charge on any atom is 0.0446 e. The van der Waals surface area contributed by atoms with Crippen molar-refractivity contribution in [3.8, 4) is 0 Å². The molecule has 1 aromatic rings. The van der Waals surface area contributed by atoms with Gasteiger partial charge in [-0.05, 0) is 42.9 Å². The van der Waals surface area contributed by atoms with Crippen LogP contribution in [-0.4, -0.2) is 6.54 Å². The molecule has 0 spiro atoms. The zero-order valence-corrected chi connectivity index (χ0v) is 11.5. The van der Waals surface area contributed by atoms with Crippen LogP contribution in [-0.2, 0) is 19.3 Å². The summed E-state index contributed by atoms with van der Waals surface area (Å²) in [5.41, 5.74) is 18.9. The molecular weight excluding hydrogens is 210 g/mol. The van der Waals surface area contributed by atoms with E-state index in [1.165, 1.54) is 11.1 Å². The summed E-state index contributed by atoms with van der Waals surface area (Å²) >= 11 is 0. The molecule has 0 saturated carbocycles. The first-order chi connectivity index (χ1) is 8.12. The molecule has 0 amide bonds. The van der Waals surface area contributed by atoms with E-state index in [2.05, 4.69) is 33.0 Å². The Labute approximate surface area is 105 Å². The van der Waals surface area contributed by atoms with E-state index in [1.807, 2.05) is 0 Å². The Balaban J connectivity index is 3.56. The normalized spacial score (nSPS) is 10.6. The molecule has 0 unspecified atom stereocenters.